The summed E-state index contributed by atoms with van der Waals surface area (Å²) < 4.78 is 0. The second-order valence-corrected chi connectivity index (χ2v) is 2.76. The molecule has 0 saturated heterocycles. The third-order valence-electron chi connectivity index (χ3n) is 1.74. The smallest absolute Gasteiger partial charge is 0.335 e. The zero-order chi connectivity index (χ0) is 13.3. The first kappa shape index (κ1) is 16.9. The van der Waals surface area contributed by atoms with Gasteiger partial charge in [0.2, 0.25) is 0 Å². The third-order valence-corrected chi connectivity index (χ3v) is 1.74. The number of carbonyl (C=O) groups is 1. The Hall–Kier alpha value is -1.51. The summed E-state index contributed by atoms with van der Waals surface area (Å²) in [5.41, 5.74) is 1.39. The van der Waals surface area contributed by atoms with Crippen LogP contribution in [0.5, 0.6) is 5.75 Å². The number of aryl methyl sites for hydroxylation is 2. The van der Waals surface area contributed by atoms with Crippen molar-refractivity contribution in [3.63, 3.8) is 0 Å². The molecule has 16 heavy (non-hydrogen) atoms. The van der Waals surface area contributed by atoms with Gasteiger partial charge in [-0.2, -0.15) is 0 Å². The van der Waals surface area contributed by atoms with Gasteiger partial charge in [0.1, 0.15) is 5.75 Å². The highest BCUT2D eigenvalue weighted by Gasteiger charge is 2.07. The van der Waals surface area contributed by atoms with E-state index in [2.05, 4.69) is 0 Å². The molecule has 0 aliphatic rings. The molecule has 2 N–H and O–H groups in total. The van der Waals surface area contributed by atoms with Gasteiger partial charge < -0.3 is 10.2 Å². The lowest BCUT2D eigenvalue weighted by molar-refractivity contribution is 0.0696. The first-order valence-corrected chi connectivity index (χ1v) is 5.56. The molecule has 0 saturated carbocycles. The second kappa shape index (κ2) is 8.77. The Balaban J connectivity index is 0. The van der Waals surface area contributed by atoms with Gasteiger partial charge in [0.15, 0.2) is 0 Å². The van der Waals surface area contributed by atoms with Crippen LogP contribution >= 0.6 is 0 Å². The number of carboxylic acid groups (broad SMARTS) is 1. The quantitative estimate of drug-likeness (QED) is 0.766. The van der Waals surface area contributed by atoms with E-state index in [1.807, 2.05) is 27.7 Å². The van der Waals surface area contributed by atoms with Crippen LogP contribution in [0.2, 0.25) is 0 Å². The first-order valence-electron chi connectivity index (χ1n) is 5.56. The minimum Gasteiger partial charge on any atom is -0.507 e. The van der Waals surface area contributed by atoms with E-state index in [0.29, 0.717) is 11.1 Å². The zero-order valence-corrected chi connectivity index (χ0v) is 11.0. The van der Waals surface area contributed by atoms with E-state index in [9.17, 15) is 9.90 Å². The molecule has 3 nitrogen and oxygen atoms in total. The Morgan fingerprint density at radius 3 is 1.56 bits per heavy atom. The molecule has 92 valence electrons. The van der Waals surface area contributed by atoms with E-state index in [1.165, 1.54) is 12.1 Å². The maximum atomic E-state index is 10.5. The van der Waals surface area contributed by atoms with Crippen LogP contribution in [-0.2, 0) is 0 Å². The fraction of sp³-hybridized carbons (Fsp3) is 0.462. The number of aromatic hydroxyl groups is 1. The highest BCUT2D eigenvalue weighted by Crippen LogP contribution is 2.22. The molecule has 0 amide bonds. The van der Waals surface area contributed by atoms with Crippen molar-refractivity contribution in [1.82, 2.24) is 0 Å². The largest absolute Gasteiger partial charge is 0.507 e. The van der Waals surface area contributed by atoms with E-state index >= 15 is 0 Å². The van der Waals surface area contributed by atoms with Gasteiger partial charge in [-0.15, -0.1) is 0 Å². The van der Waals surface area contributed by atoms with Gasteiger partial charge in [-0.25, -0.2) is 4.79 Å². The molecular formula is C13H22O3. The number of hydrogen-bond acceptors (Lipinski definition) is 2. The predicted molar refractivity (Wildman–Crippen MR) is 67.2 cm³/mol. The average Bonchev–Trinajstić information content (AvgIpc) is 2.30. The van der Waals surface area contributed by atoms with Crippen LogP contribution in [0.15, 0.2) is 12.1 Å². The van der Waals surface area contributed by atoms with Crippen molar-refractivity contribution < 1.29 is 15.0 Å². The summed E-state index contributed by atoms with van der Waals surface area (Å²) in [6, 6.07) is 2.90. The molecule has 0 radical (unpaired) electrons. The molecule has 1 aromatic rings. The summed E-state index contributed by atoms with van der Waals surface area (Å²) in [6.07, 6.45) is 0. The van der Waals surface area contributed by atoms with Crippen molar-refractivity contribution in [3.8, 4) is 5.75 Å². The molecule has 0 bridgehead atoms. The molecule has 0 atom stereocenters. The highest BCUT2D eigenvalue weighted by atomic mass is 16.4. The van der Waals surface area contributed by atoms with Crippen molar-refractivity contribution in [2.24, 2.45) is 0 Å². The lowest BCUT2D eigenvalue weighted by Gasteiger charge is -2.03. The van der Waals surface area contributed by atoms with Crippen LogP contribution in [0.25, 0.3) is 0 Å². The van der Waals surface area contributed by atoms with E-state index < -0.39 is 5.97 Å². The molecule has 0 unspecified atom stereocenters. The van der Waals surface area contributed by atoms with E-state index in [0.717, 1.165) is 0 Å². The number of rotatable bonds is 1. The molecule has 0 aliphatic carbocycles. The lowest BCUT2D eigenvalue weighted by atomic mass is 10.1. The summed E-state index contributed by atoms with van der Waals surface area (Å²) in [7, 11) is 0. The van der Waals surface area contributed by atoms with Gasteiger partial charge in [-0.1, -0.05) is 27.7 Å². The molecule has 0 spiro atoms. The predicted octanol–water partition coefficient (Wildman–Crippen LogP) is 3.76. The van der Waals surface area contributed by atoms with Crippen molar-refractivity contribution in [3.05, 3.63) is 28.8 Å². The maximum Gasteiger partial charge on any atom is 0.335 e. The summed E-state index contributed by atoms with van der Waals surface area (Å²) in [5.74, 6) is -0.804. The SMILES string of the molecule is CC.CC.Cc1cc(C(=O)O)cc(C)c1O. The van der Waals surface area contributed by atoms with E-state index in [-0.39, 0.29) is 11.3 Å². The number of hydrogen-bond donors (Lipinski definition) is 2. The molecule has 0 aliphatic heterocycles. The lowest BCUT2D eigenvalue weighted by Crippen LogP contribution is -1.97. The van der Waals surface area contributed by atoms with Gasteiger partial charge in [0.25, 0.3) is 0 Å². The van der Waals surface area contributed by atoms with Crippen LogP contribution < -0.4 is 0 Å². The Morgan fingerprint density at radius 1 is 1.00 bits per heavy atom. The van der Waals surface area contributed by atoms with Crippen LogP contribution in [-0.4, -0.2) is 16.2 Å². The topological polar surface area (TPSA) is 57.5 Å². The van der Waals surface area contributed by atoms with Crippen molar-refractivity contribution >= 4 is 5.97 Å². The number of benzene rings is 1. The van der Waals surface area contributed by atoms with Gasteiger partial charge in [-0.3, -0.25) is 0 Å². The minimum atomic E-state index is -0.971. The maximum absolute atomic E-state index is 10.5. The molecule has 0 aromatic heterocycles. The number of aromatic carboxylic acids is 1. The molecule has 3 heteroatoms. The Bertz CT molecular complexity index is 307. The molecule has 0 heterocycles. The van der Waals surface area contributed by atoms with Gasteiger partial charge >= 0.3 is 5.97 Å². The summed E-state index contributed by atoms with van der Waals surface area (Å²) in [6.45, 7) is 11.4. The Kier molecular flexibility index (Phi) is 9.27. The fourth-order valence-corrected chi connectivity index (χ4v) is 1.08. The number of carboxylic acids is 1. The normalized spacial score (nSPS) is 8.12. The second-order valence-electron chi connectivity index (χ2n) is 2.76. The van der Waals surface area contributed by atoms with Crippen LogP contribution in [0.3, 0.4) is 0 Å². The minimum absolute atomic E-state index is 0.167. The standard InChI is InChI=1S/C9H10O3.2C2H6/c1-5-3-7(9(11)12)4-6(2)8(5)10;2*1-2/h3-4,10H,1-2H3,(H,11,12);2*1-2H3. The fourth-order valence-electron chi connectivity index (χ4n) is 1.08. The van der Waals surface area contributed by atoms with Crippen LogP contribution in [0, 0.1) is 13.8 Å². The Labute approximate surface area is 97.7 Å². The van der Waals surface area contributed by atoms with Crippen LogP contribution in [0.4, 0.5) is 0 Å². The van der Waals surface area contributed by atoms with Gasteiger partial charge in [0.05, 0.1) is 5.56 Å². The average molecular weight is 226 g/mol. The van der Waals surface area contributed by atoms with Gasteiger partial charge in [0, 0.05) is 0 Å². The van der Waals surface area contributed by atoms with Crippen molar-refractivity contribution in [1.29, 1.82) is 0 Å². The molecule has 0 fully saturated rings. The third kappa shape index (κ3) is 4.82. The summed E-state index contributed by atoms with van der Waals surface area (Å²) >= 11 is 0. The monoisotopic (exact) mass is 226 g/mol. The first-order chi connectivity index (χ1) is 7.52. The van der Waals surface area contributed by atoms with Crippen LogP contribution in [0.1, 0.15) is 49.2 Å². The zero-order valence-electron chi connectivity index (χ0n) is 11.0. The van der Waals surface area contributed by atoms with Crippen molar-refractivity contribution in [2.75, 3.05) is 0 Å². The number of phenolic OH excluding ortho intramolecular Hbond substituents is 1. The molecular weight excluding hydrogens is 204 g/mol. The highest BCUT2D eigenvalue weighted by molar-refractivity contribution is 5.88. The van der Waals surface area contributed by atoms with Gasteiger partial charge in [-0.05, 0) is 37.1 Å². The summed E-state index contributed by atoms with van der Waals surface area (Å²) in [4.78, 5) is 10.5. The Morgan fingerprint density at radius 2 is 1.31 bits per heavy atom. The summed E-state index contributed by atoms with van der Waals surface area (Å²) in [5, 5.41) is 18.0. The van der Waals surface area contributed by atoms with E-state index in [1.54, 1.807) is 13.8 Å². The van der Waals surface area contributed by atoms with Crippen molar-refractivity contribution in [2.45, 2.75) is 41.5 Å². The molecule has 1 aromatic carbocycles. The van der Waals surface area contributed by atoms with E-state index in [4.69, 9.17) is 5.11 Å². The molecule has 1 rings (SSSR count). The number of phenols is 1.